The predicted octanol–water partition coefficient (Wildman–Crippen LogP) is 1.39. The van der Waals surface area contributed by atoms with Crippen molar-refractivity contribution in [2.45, 2.75) is 38.9 Å². The fraction of sp³-hybridized carbons (Fsp3) is 0.526. The number of benzene rings is 1. The molecule has 0 aromatic heterocycles. The molecule has 13 heteroatoms. The molecule has 0 fully saturated rings. The average molecular weight is 790 g/mol. The van der Waals surface area contributed by atoms with Gasteiger partial charge >= 0.3 is 5.97 Å². The zero-order valence-electron chi connectivity index (χ0n) is 17.4. The Hall–Kier alpha value is -0.340. The molecule has 0 heterocycles. The van der Waals surface area contributed by atoms with E-state index in [-0.39, 0.29) is 42.9 Å². The summed E-state index contributed by atoms with van der Waals surface area (Å²) < 4.78 is 1.03. The van der Waals surface area contributed by atoms with Crippen molar-refractivity contribution in [3.05, 3.63) is 16.3 Å². The highest BCUT2D eigenvalue weighted by Crippen LogP contribution is 2.42. The SMILES string of the molecule is CC(=O)N(CCC(O)CO)c1c(I)c(C(=O)O)c(I)c(N(CCC(O)CO)C(C)=O)c1I. The van der Waals surface area contributed by atoms with Crippen LogP contribution in [0.5, 0.6) is 0 Å². The van der Waals surface area contributed by atoms with Gasteiger partial charge in [-0.3, -0.25) is 9.59 Å². The van der Waals surface area contributed by atoms with Gasteiger partial charge in [0, 0.05) is 26.9 Å². The second kappa shape index (κ2) is 13.5. The number of carboxylic acid groups (broad SMARTS) is 1. The standard InChI is InChI=1S/C19H25I3N2O8/c1-9(27)23(5-3-11(29)7-25)17-14(20)13(19(31)32)15(21)18(16(17)22)24(10(2)28)6-4-12(30)8-26/h11-12,25-26,29-30H,3-8H2,1-2H3,(H,31,32). The normalized spacial score (nSPS) is 12.9. The van der Waals surface area contributed by atoms with Crippen LogP contribution in [0.2, 0.25) is 0 Å². The minimum absolute atomic E-state index is 0.0193. The van der Waals surface area contributed by atoms with Crippen LogP contribution in [0.4, 0.5) is 11.4 Å². The number of anilines is 2. The third-order valence-electron chi connectivity index (χ3n) is 4.58. The summed E-state index contributed by atoms with van der Waals surface area (Å²) in [6.07, 6.45) is -1.98. The van der Waals surface area contributed by atoms with Crippen molar-refractivity contribution >= 4 is 96.9 Å². The first-order valence-electron chi connectivity index (χ1n) is 9.46. The number of aromatic carboxylic acids is 1. The van der Waals surface area contributed by atoms with Crippen LogP contribution < -0.4 is 9.80 Å². The van der Waals surface area contributed by atoms with Gasteiger partial charge in [0.2, 0.25) is 11.8 Å². The molecule has 1 rings (SSSR count). The van der Waals surface area contributed by atoms with Gasteiger partial charge in [-0.1, -0.05) is 0 Å². The highest BCUT2D eigenvalue weighted by atomic mass is 127. The number of hydrogen-bond donors (Lipinski definition) is 5. The molecule has 0 aliphatic heterocycles. The fourth-order valence-electron chi connectivity index (χ4n) is 2.89. The molecule has 0 bridgehead atoms. The Kier molecular flexibility index (Phi) is 12.5. The van der Waals surface area contributed by atoms with Gasteiger partial charge in [0.1, 0.15) is 0 Å². The molecular formula is C19H25I3N2O8. The van der Waals surface area contributed by atoms with Crippen molar-refractivity contribution in [1.29, 1.82) is 0 Å². The molecule has 0 radical (unpaired) electrons. The van der Waals surface area contributed by atoms with Crippen molar-refractivity contribution < 1.29 is 39.9 Å². The van der Waals surface area contributed by atoms with Crippen LogP contribution in [-0.2, 0) is 9.59 Å². The lowest BCUT2D eigenvalue weighted by Gasteiger charge is -2.31. The van der Waals surface area contributed by atoms with Crippen LogP contribution in [0.25, 0.3) is 0 Å². The maximum Gasteiger partial charge on any atom is 0.338 e. The van der Waals surface area contributed by atoms with Crippen molar-refractivity contribution in [2.75, 3.05) is 36.1 Å². The first kappa shape index (κ1) is 29.7. The molecule has 1 aromatic carbocycles. The first-order valence-corrected chi connectivity index (χ1v) is 12.7. The van der Waals surface area contributed by atoms with Crippen molar-refractivity contribution in [3.63, 3.8) is 0 Å². The molecular weight excluding hydrogens is 765 g/mol. The molecule has 2 atom stereocenters. The molecule has 1 aromatic rings. The Morgan fingerprint density at radius 2 is 1.12 bits per heavy atom. The number of carboxylic acids is 1. The minimum atomic E-state index is -1.24. The number of carbonyl (C=O) groups is 3. The van der Waals surface area contributed by atoms with Gasteiger partial charge < -0.3 is 35.3 Å². The zero-order chi connectivity index (χ0) is 24.7. The van der Waals surface area contributed by atoms with Gasteiger partial charge in [-0.05, 0) is 80.6 Å². The number of aliphatic hydroxyl groups is 4. The number of carbonyl (C=O) groups excluding carboxylic acids is 2. The number of hydrogen-bond acceptors (Lipinski definition) is 7. The van der Waals surface area contributed by atoms with Crippen LogP contribution in [0, 0.1) is 10.7 Å². The zero-order valence-corrected chi connectivity index (χ0v) is 23.9. The van der Waals surface area contributed by atoms with E-state index in [1.807, 2.05) is 67.8 Å². The second-order valence-electron chi connectivity index (χ2n) is 6.91. The molecule has 2 amide bonds. The lowest BCUT2D eigenvalue weighted by Crippen LogP contribution is -2.37. The van der Waals surface area contributed by atoms with Gasteiger partial charge in [-0.15, -0.1) is 0 Å². The smallest absolute Gasteiger partial charge is 0.338 e. The maximum absolute atomic E-state index is 12.5. The second-order valence-corrected chi connectivity index (χ2v) is 10.1. The van der Waals surface area contributed by atoms with Crippen LogP contribution in [0.1, 0.15) is 37.0 Å². The van der Waals surface area contributed by atoms with Gasteiger partial charge in [0.05, 0.1) is 53.1 Å². The quantitative estimate of drug-likeness (QED) is 0.211. The molecule has 0 spiro atoms. The topological polar surface area (TPSA) is 159 Å². The number of amides is 2. The number of rotatable bonds is 11. The maximum atomic E-state index is 12.5. The van der Waals surface area contributed by atoms with Crippen molar-refractivity contribution in [3.8, 4) is 0 Å². The van der Waals surface area contributed by atoms with Crippen LogP contribution in [0.15, 0.2) is 0 Å². The van der Waals surface area contributed by atoms with Crippen molar-refractivity contribution in [2.24, 2.45) is 0 Å². The van der Waals surface area contributed by atoms with Gasteiger partial charge in [0.25, 0.3) is 0 Å². The summed E-state index contributed by atoms with van der Waals surface area (Å²) in [5, 5.41) is 47.6. The Bertz CT molecular complexity index is 808. The Labute approximate surface area is 226 Å². The number of halogens is 3. The van der Waals surface area contributed by atoms with E-state index in [1.54, 1.807) is 0 Å². The highest BCUT2D eigenvalue weighted by molar-refractivity contribution is 14.1. The molecule has 180 valence electrons. The number of aliphatic hydroxyl groups excluding tert-OH is 4. The highest BCUT2D eigenvalue weighted by Gasteiger charge is 2.32. The van der Waals surface area contributed by atoms with Gasteiger partial charge in [-0.25, -0.2) is 4.79 Å². The summed E-state index contributed by atoms with van der Waals surface area (Å²) >= 11 is 5.64. The third kappa shape index (κ3) is 7.33. The summed E-state index contributed by atoms with van der Waals surface area (Å²) in [6, 6.07) is 0. The van der Waals surface area contributed by atoms with E-state index in [1.165, 1.54) is 23.6 Å². The Balaban J connectivity index is 3.77. The van der Waals surface area contributed by atoms with E-state index in [4.69, 9.17) is 10.2 Å². The van der Waals surface area contributed by atoms with E-state index in [9.17, 15) is 29.7 Å². The predicted molar refractivity (Wildman–Crippen MR) is 143 cm³/mol. The van der Waals surface area contributed by atoms with E-state index in [0.29, 0.717) is 10.7 Å². The van der Waals surface area contributed by atoms with Crippen LogP contribution in [0.3, 0.4) is 0 Å². The molecule has 0 saturated carbocycles. The first-order chi connectivity index (χ1) is 14.9. The van der Waals surface area contributed by atoms with E-state index in [0.717, 1.165) is 0 Å². The van der Waals surface area contributed by atoms with Gasteiger partial charge in [-0.2, -0.15) is 0 Å². The van der Waals surface area contributed by atoms with Gasteiger partial charge in [0.15, 0.2) is 0 Å². The number of nitrogens with zero attached hydrogens (tertiary/aromatic N) is 2. The lowest BCUT2D eigenvalue weighted by atomic mass is 10.1. The lowest BCUT2D eigenvalue weighted by molar-refractivity contribution is -0.117. The largest absolute Gasteiger partial charge is 0.478 e. The van der Waals surface area contributed by atoms with E-state index >= 15 is 0 Å². The summed E-state index contributed by atoms with van der Waals surface area (Å²) in [4.78, 5) is 39.7. The molecule has 0 aliphatic rings. The molecule has 32 heavy (non-hydrogen) atoms. The van der Waals surface area contributed by atoms with Crippen LogP contribution in [-0.4, -0.2) is 81.8 Å². The summed E-state index contributed by atoms with van der Waals surface area (Å²) in [5.41, 5.74) is 0.482. The molecule has 5 N–H and O–H groups in total. The summed E-state index contributed by atoms with van der Waals surface area (Å²) in [7, 11) is 0. The average Bonchev–Trinajstić information content (AvgIpc) is 2.71. The fourth-order valence-corrected chi connectivity index (χ4v) is 7.68. The Morgan fingerprint density at radius 3 is 1.38 bits per heavy atom. The third-order valence-corrected chi connectivity index (χ3v) is 7.70. The monoisotopic (exact) mass is 790 g/mol. The molecule has 0 saturated heterocycles. The molecule has 0 aliphatic carbocycles. The minimum Gasteiger partial charge on any atom is -0.478 e. The summed E-state index contributed by atoms with van der Waals surface area (Å²) in [5.74, 6) is -2.05. The van der Waals surface area contributed by atoms with Crippen LogP contribution >= 0.6 is 67.8 Å². The van der Waals surface area contributed by atoms with E-state index < -0.39 is 43.2 Å². The molecule has 2 unspecified atom stereocenters. The Morgan fingerprint density at radius 1 is 0.781 bits per heavy atom. The molecule has 10 nitrogen and oxygen atoms in total. The van der Waals surface area contributed by atoms with Crippen molar-refractivity contribution in [1.82, 2.24) is 0 Å². The summed E-state index contributed by atoms with van der Waals surface area (Å²) in [6.45, 7) is 1.68. The van der Waals surface area contributed by atoms with E-state index in [2.05, 4.69) is 0 Å².